The molecule has 31 heavy (non-hydrogen) atoms. The molecule has 1 amide bonds. The van der Waals surface area contributed by atoms with E-state index in [1.54, 1.807) is 25.3 Å². The number of amides is 1. The molecule has 1 fully saturated rings. The van der Waals surface area contributed by atoms with Crippen LogP contribution in [-0.2, 0) is 16.1 Å². The van der Waals surface area contributed by atoms with Crippen LogP contribution < -0.4 is 4.74 Å². The summed E-state index contributed by atoms with van der Waals surface area (Å²) in [6.45, 7) is 2.03. The zero-order valence-electron chi connectivity index (χ0n) is 17.0. The fraction of sp³-hybridized carbons (Fsp3) is 0.167. The van der Waals surface area contributed by atoms with Crippen LogP contribution in [0.15, 0.2) is 65.6 Å². The van der Waals surface area contributed by atoms with Crippen molar-refractivity contribution in [3.8, 4) is 5.75 Å². The summed E-state index contributed by atoms with van der Waals surface area (Å²) in [6, 6.07) is 13.5. The molecule has 1 unspecified atom stereocenters. The number of Topliss-reactive ketones (excluding diaryl/α,β-unsaturated/α-hetero) is 1. The first kappa shape index (κ1) is 20.8. The number of aryl methyl sites for hydroxylation is 1. The maximum atomic E-state index is 13.5. The summed E-state index contributed by atoms with van der Waals surface area (Å²) in [5, 5.41) is 13.0. The number of thiophene rings is 1. The smallest absolute Gasteiger partial charge is 0.295 e. The molecule has 1 atom stereocenters. The summed E-state index contributed by atoms with van der Waals surface area (Å²) in [4.78, 5) is 28.3. The van der Waals surface area contributed by atoms with Crippen LogP contribution in [0, 0.1) is 12.7 Å². The van der Waals surface area contributed by atoms with E-state index in [-0.39, 0.29) is 17.9 Å². The largest absolute Gasteiger partial charge is 0.507 e. The Morgan fingerprint density at radius 2 is 1.90 bits per heavy atom. The number of aliphatic hydroxyl groups is 1. The van der Waals surface area contributed by atoms with Crippen molar-refractivity contribution in [2.75, 3.05) is 7.11 Å². The zero-order valence-corrected chi connectivity index (χ0v) is 17.8. The van der Waals surface area contributed by atoms with Gasteiger partial charge in [0.1, 0.15) is 17.3 Å². The van der Waals surface area contributed by atoms with E-state index < -0.39 is 23.5 Å². The van der Waals surface area contributed by atoms with Gasteiger partial charge < -0.3 is 14.7 Å². The van der Waals surface area contributed by atoms with Crippen LogP contribution in [-0.4, -0.2) is 28.8 Å². The molecule has 3 aromatic rings. The fourth-order valence-electron chi connectivity index (χ4n) is 3.79. The van der Waals surface area contributed by atoms with Gasteiger partial charge in [-0.05, 0) is 59.8 Å². The van der Waals surface area contributed by atoms with Crippen LogP contribution in [0.3, 0.4) is 0 Å². The number of likely N-dealkylation sites (tertiary alicyclic amines) is 1. The number of benzene rings is 2. The maximum Gasteiger partial charge on any atom is 0.295 e. The van der Waals surface area contributed by atoms with Crippen molar-refractivity contribution < 1.29 is 23.8 Å². The van der Waals surface area contributed by atoms with Crippen LogP contribution in [0.5, 0.6) is 5.75 Å². The van der Waals surface area contributed by atoms with Crippen molar-refractivity contribution in [1.82, 2.24) is 4.90 Å². The van der Waals surface area contributed by atoms with E-state index in [9.17, 15) is 19.1 Å². The van der Waals surface area contributed by atoms with E-state index >= 15 is 0 Å². The minimum absolute atomic E-state index is 0.0160. The molecule has 5 nitrogen and oxygen atoms in total. The predicted octanol–water partition coefficient (Wildman–Crippen LogP) is 4.83. The lowest BCUT2D eigenvalue weighted by molar-refractivity contribution is -0.140. The van der Waals surface area contributed by atoms with Gasteiger partial charge in [0.15, 0.2) is 0 Å². The second-order valence-corrected chi connectivity index (χ2v) is 8.27. The van der Waals surface area contributed by atoms with E-state index in [0.29, 0.717) is 16.9 Å². The minimum atomic E-state index is -0.829. The normalized spacial score (nSPS) is 17.9. The Labute approximate surface area is 183 Å². The van der Waals surface area contributed by atoms with Crippen molar-refractivity contribution >= 4 is 28.8 Å². The SMILES string of the molecule is COc1ccc(/C(O)=C2/C(=O)C(=O)N(Cc3cccs3)C2c2ccc(F)cc2)cc1C. The zero-order chi connectivity index (χ0) is 22.1. The standard InChI is InChI=1S/C24H20FNO4S/c1-14-12-16(7-10-19(14)30-2)22(27)20-21(15-5-8-17(25)9-6-15)26(24(29)23(20)28)13-18-4-3-11-31-18/h3-12,21,27H,13H2,1-2H3/b22-20-. The van der Waals surface area contributed by atoms with Gasteiger partial charge in [0.05, 0.1) is 25.3 Å². The van der Waals surface area contributed by atoms with Crippen molar-refractivity contribution in [1.29, 1.82) is 0 Å². The number of nitrogens with zero attached hydrogens (tertiary/aromatic N) is 1. The molecule has 0 aliphatic carbocycles. The molecule has 0 saturated carbocycles. The summed E-state index contributed by atoms with van der Waals surface area (Å²) in [6.07, 6.45) is 0. The number of rotatable bonds is 5. The molecule has 1 aliphatic heterocycles. The van der Waals surface area contributed by atoms with Gasteiger partial charge in [-0.25, -0.2) is 4.39 Å². The Morgan fingerprint density at radius 1 is 1.16 bits per heavy atom. The molecular formula is C24H20FNO4S. The second kappa shape index (κ2) is 8.35. The molecule has 1 aromatic heterocycles. The van der Waals surface area contributed by atoms with Gasteiger partial charge in [-0.2, -0.15) is 0 Å². The average molecular weight is 437 g/mol. The Balaban J connectivity index is 1.86. The number of carbonyl (C=O) groups is 2. The fourth-order valence-corrected chi connectivity index (χ4v) is 4.49. The predicted molar refractivity (Wildman–Crippen MR) is 116 cm³/mol. The molecule has 2 aromatic carbocycles. The van der Waals surface area contributed by atoms with Gasteiger partial charge in [0, 0.05) is 10.4 Å². The highest BCUT2D eigenvalue weighted by molar-refractivity contribution is 7.09. The van der Waals surface area contributed by atoms with Crippen LogP contribution >= 0.6 is 11.3 Å². The Kier molecular flexibility index (Phi) is 5.61. The highest BCUT2D eigenvalue weighted by atomic mass is 32.1. The molecule has 0 radical (unpaired) electrons. The summed E-state index contributed by atoms with van der Waals surface area (Å²) in [5.74, 6) is -1.52. The molecule has 1 N–H and O–H groups in total. The van der Waals surface area contributed by atoms with Crippen molar-refractivity contribution in [2.45, 2.75) is 19.5 Å². The third-order valence-electron chi connectivity index (χ3n) is 5.30. The van der Waals surface area contributed by atoms with E-state index in [0.717, 1.165) is 10.4 Å². The van der Waals surface area contributed by atoms with Crippen molar-refractivity contribution in [3.63, 3.8) is 0 Å². The van der Waals surface area contributed by atoms with Crippen LogP contribution in [0.1, 0.15) is 27.6 Å². The topological polar surface area (TPSA) is 66.8 Å². The quantitative estimate of drug-likeness (QED) is 0.353. The average Bonchev–Trinajstić information content (AvgIpc) is 3.36. The summed E-state index contributed by atoms with van der Waals surface area (Å²) in [5.41, 5.74) is 1.71. The van der Waals surface area contributed by atoms with Gasteiger partial charge in [-0.3, -0.25) is 9.59 Å². The number of aliphatic hydroxyl groups excluding tert-OH is 1. The molecular weight excluding hydrogens is 417 g/mol. The van der Waals surface area contributed by atoms with Gasteiger partial charge in [-0.1, -0.05) is 18.2 Å². The molecule has 2 heterocycles. The van der Waals surface area contributed by atoms with Gasteiger partial charge in [0.25, 0.3) is 11.7 Å². The third-order valence-corrected chi connectivity index (χ3v) is 6.16. The van der Waals surface area contributed by atoms with Crippen LogP contribution in [0.25, 0.3) is 5.76 Å². The third kappa shape index (κ3) is 3.84. The maximum absolute atomic E-state index is 13.5. The van der Waals surface area contributed by atoms with E-state index in [2.05, 4.69) is 0 Å². The van der Waals surface area contributed by atoms with E-state index in [4.69, 9.17) is 4.74 Å². The number of hydrogen-bond acceptors (Lipinski definition) is 5. The highest BCUT2D eigenvalue weighted by Crippen LogP contribution is 2.41. The molecule has 7 heteroatoms. The molecule has 158 valence electrons. The van der Waals surface area contributed by atoms with Crippen LogP contribution in [0.2, 0.25) is 0 Å². The molecule has 0 spiro atoms. The van der Waals surface area contributed by atoms with Gasteiger partial charge in [0.2, 0.25) is 0 Å². The lowest BCUT2D eigenvalue weighted by Gasteiger charge is -2.25. The lowest BCUT2D eigenvalue weighted by atomic mass is 9.94. The number of hydrogen-bond donors (Lipinski definition) is 1. The number of ether oxygens (including phenoxy) is 1. The Hall–Kier alpha value is -3.45. The molecule has 1 aliphatic rings. The lowest BCUT2D eigenvalue weighted by Crippen LogP contribution is -2.28. The second-order valence-electron chi connectivity index (χ2n) is 7.24. The van der Waals surface area contributed by atoms with Crippen molar-refractivity contribution in [2.24, 2.45) is 0 Å². The summed E-state index contributed by atoms with van der Waals surface area (Å²) >= 11 is 1.47. The van der Waals surface area contributed by atoms with Gasteiger partial charge >= 0.3 is 0 Å². The monoisotopic (exact) mass is 437 g/mol. The summed E-state index contributed by atoms with van der Waals surface area (Å²) in [7, 11) is 1.55. The minimum Gasteiger partial charge on any atom is -0.507 e. The van der Waals surface area contributed by atoms with Gasteiger partial charge in [-0.15, -0.1) is 11.3 Å². The molecule has 0 bridgehead atoms. The van der Waals surface area contributed by atoms with Crippen molar-refractivity contribution in [3.05, 3.63) is 92.9 Å². The van der Waals surface area contributed by atoms with Crippen LogP contribution in [0.4, 0.5) is 4.39 Å². The number of halogens is 1. The summed E-state index contributed by atoms with van der Waals surface area (Å²) < 4.78 is 18.8. The first-order valence-electron chi connectivity index (χ1n) is 9.62. The van der Waals surface area contributed by atoms with E-state index in [1.165, 1.54) is 40.5 Å². The first-order chi connectivity index (χ1) is 14.9. The number of carbonyl (C=O) groups excluding carboxylic acids is 2. The number of methoxy groups -OCH3 is 1. The molecule has 4 rings (SSSR count). The Bertz CT molecular complexity index is 1170. The first-order valence-corrected chi connectivity index (χ1v) is 10.5. The number of ketones is 1. The Morgan fingerprint density at radius 3 is 2.52 bits per heavy atom. The molecule has 1 saturated heterocycles. The highest BCUT2D eigenvalue weighted by Gasteiger charge is 2.46. The van der Waals surface area contributed by atoms with E-state index in [1.807, 2.05) is 24.4 Å².